The standard InChI is InChI=1S/C21H26FN3O2.2ClH/c1-15-3-6-17(7-4-15)20(23)21(26)25-11-9-24(10-12-25)14-16-5-8-19(27-2)18(22)13-16;;/h3-8,13,20H,9-12,14,23H2,1-2H3;2*1H. The molecule has 2 aromatic rings. The predicted molar refractivity (Wildman–Crippen MR) is 117 cm³/mol. The van der Waals surface area contributed by atoms with E-state index in [-0.39, 0.29) is 42.3 Å². The van der Waals surface area contributed by atoms with Gasteiger partial charge >= 0.3 is 0 Å². The Hall–Kier alpha value is -1.86. The van der Waals surface area contributed by atoms with E-state index in [1.165, 1.54) is 13.2 Å². The summed E-state index contributed by atoms with van der Waals surface area (Å²) >= 11 is 0. The fourth-order valence-corrected chi connectivity index (χ4v) is 3.31. The molecule has 0 bridgehead atoms. The third-order valence-corrected chi connectivity index (χ3v) is 5.01. The zero-order valence-corrected chi connectivity index (χ0v) is 18.3. The first-order valence-electron chi connectivity index (χ1n) is 9.13. The van der Waals surface area contributed by atoms with Crippen LogP contribution in [0.5, 0.6) is 5.75 Å². The molecule has 1 atom stereocenters. The number of halogens is 3. The number of carbonyl (C=O) groups excluding carboxylic acids is 1. The number of benzene rings is 2. The molecule has 1 unspecified atom stereocenters. The summed E-state index contributed by atoms with van der Waals surface area (Å²) in [4.78, 5) is 16.7. The number of methoxy groups -OCH3 is 1. The van der Waals surface area contributed by atoms with E-state index in [4.69, 9.17) is 10.5 Å². The average Bonchev–Trinajstić information content (AvgIpc) is 2.68. The van der Waals surface area contributed by atoms with Crippen LogP contribution in [-0.4, -0.2) is 49.0 Å². The number of hydrogen-bond acceptors (Lipinski definition) is 4. The molecule has 0 aromatic heterocycles. The minimum absolute atomic E-state index is 0. The van der Waals surface area contributed by atoms with Crippen molar-refractivity contribution < 1.29 is 13.9 Å². The molecule has 8 heteroatoms. The van der Waals surface area contributed by atoms with Crippen LogP contribution in [0.1, 0.15) is 22.7 Å². The molecule has 1 aliphatic rings. The Morgan fingerprint density at radius 1 is 1.10 bits per heavy atom. The second-order valence-electron chi connectivity index (χ2n) is 6.96. The molecule has 29 heavy (non-hydrogen) atoms. The van der Waals surface area contributed by atoms with E-state index >= 15 is 0 Å². The van der Waals surface area contributed by atoms with Crippen LogP contribution in [0.25, 0.3) is 0 Å². The Balaban J connectivity index is 0.00000210. The zero-order valence-electron chi connectivity index (χ0n) is 16.6. The van der Waals surface area contributed by atoms with Crippen LogP contribution in [0.3, 0.4) is 0 Å². The van der Waals surface area contributed by atoms with E-state index in [0.717, 1.165) is 29.8 Å². The zero-order chi connectivity index (χ0) is 19.4. The summed E-state index contributed by atoms with van der Waals surface area (Å²) in [6.07, 6.45) is 0. The summed E-state index contributed by atoms with van der Waals surface area (Å²) < 4.78 is 18.8. The highest BCUT2D eigenvalue weighted by molar-refractivity contribution is 5.85. The van der Waals surface area contributed by atoms with Crippen molar-refractivity contribution >= 4 is 30.7 Å². The van der Waals surface area contributed by atoms with Gasteiger partial charge in [0.1, 0.15) is 6.04 Å². The van der Waals surface area contributed by atoms with Crippen molar-refractivity contribution in [1.29, 1.82) is 0 Å². The van der Waals surface area contributed by atoms with Crippen molar-refractivity contribution in [2.24, 2.45) is 5.73 Å². The molecule has 5 nitrogen and oxygen atoms in total. The number of rotatable bonds is 5. The molecule has 1 aliphatic heterocycles. The summed E-state index contributed by atoms with van der Waals surface area (Å²) in [5.41, 5.74) is 9.03. The van der Waals surface area contributed by atoms with Crippen LogP contribution in [0.4, 0.5) is 4.39 Å². The number of carbonyl (C=O) groups is 1. The van der Waals surface area contributed by atoms with Gasteiger partial charge in [-0.3, -0.25) is 9.69 Å². The first-order valence-corrected chi connectivity index (χ1v) is 9.13. The van der Waals surface area contributed by atoms with Gasteiger partial charge in [-0.1, -0.05) is 35.9 Å². The maximum Gasteiger partial charge on any atom is 0.244 e. The molecule has 1 heterocycles. The smallest absolute Gasteiger partial charge is 0.244 e. The van der Waals surface area contributed by atoms with E-state index in [9.17, 15) is 9.18 Å². The molecular formula is C21H28Cl2FN3O2. The molecule has 3 rings (SSSR count). The van der Waals surface area contributed by atoms with E-state index in [1.54, 1.807) is 6.07 Å². The van der Waals surface area contributed by atoms with Gasteiger partial charge < -0.3 is 15.4 Å². The van der Waals surface area contributed by atoms with Gasteiger partial charge in [-0.25, -0.2) is 4.39 Å². The number of ether oxygens (including phenoxy) is 1. The molecule has 1 fully saturated rings. The van der Waals surface area contributed by atoms with Gasteiger partial charge in [0.2, 0.25) is 5.91 Å². The van der Waals surface area contributed by atoms with Crippen molar-refractivity contribution in [3.05, 3.63) is 65.0 Å². The minimum atomic E-state index is -0.632. The first kappa shape index (κ1) is 25.2. The number of nitrogens with zero attached hydrogens (tertiary/aromatic N) is 2. The number of amides is 1. The summed E-state index contributed by atoms with van der Waals surface area (Å²) in [7, 11) is 1.45. The van der Waals surface area contributed by atoms with E-state index in [0.29, 0.717) is 19.6 Å². The average molecular weight is 444 g/mol. The Morgan fingerprint density at radius 3 is 2.28 bits per heavy atom. The number of nitrogens with two attached hydrogens (primary N) is 1. The fourth-order valence-electron chi connectivity index (χ4n) is 3.31. The van der Waals surface area contributed by atoms with Crippen LogP contribution < -0.4 is 10.5 Å². The van der Waals surface area contributed by atoms with Crippen LogP contribution in [0.2, 0.25) is 0 Å². The summed E-state index contributed by atoms with van der Waals surface area (Å²) in [5.74, 6) is -0.152. The van der Waals surface area contributed by atoms with Gasteiger partial charge in [-0.05, 0) is 30.2 Å². The monoisotopic (exact) mass is 443 g/mol. The molecule has 1 amide bonds. The van der Waals surface area contributed by atoms with Crippen molar-refractivity contribution in [3.8, 4) is 5.75 Å². The summed E-state index contributed by atoms with van der Waals surface area (Å²) in [5, 5.41) is 0. The SMILES string of the molecule is COc1ccc(CN2CCN(C(=O)C(N)c3ccc(C)cc3)CC2)cc1F.Cl.Cl. The maximum absolute atomic E-state index is 13.8. The van der Waals surface area contributed by atoms with Gasteiger partial charge in [-0.15, -0.1) is 24.8 Å². The Labute approximate surface area is 183 Å². The summed E-state index contributed by atoms with van der Waals surface area (Å²) in [6.45, 7) is 5.37. The van der Waals surface area contributed by atoms with Gasteiger partial charge in [0.05, 0.1) is 7.11 Å². The van der Waals surface area contributed by atoms with Crippen molar-refractivity contribution in [3.63, 3.8) is 0 Å². The number of aryl methyl sites for hydroxylation is 1. The highest BCUT2D eigenvalue weighted by Crippen LogP contribution is 2.20. The van der Waals surface area contributed by atoms with Crippen LogP contribution in [0.15, 0.2) is 42.5 Å². The largest absolute Gasteiger partial charge is 0.494 e. The quantitative estimate of drug-likeness (QED) is 0.769. The second kappa shape index (κ2) is 11.4. The highest BCUT2D eigenvalue weighted by Gasteiger charge is 2.26. The lowest BCUT2D eigenvalue weighted by atomic mass is 10.0. The molecule has 0 aliphatic carbocycles. The Bertz CT molecular complexity index is 797. The Morgan fingerprint density at radius 2 is 1.72 bits per heavy atom. The molecule has 2 N–H and O–H groups in total. The third-order valence-electron chi connectivity index (χ3n) is 5.01. The van der Waals surface area contributed by atoms with Gasteiger partial charge in [0, 0.05) is 32.7 Å². The maximum atomic E-state index is 13.8. The highest BCUT2D eigenvalue weighted by atomic mass is 35.5. The normalized spacial score (nSPS) is 15.1. The number of piperazine rings is 1. The molecular weight excluding hydrogens is 416 g/mol. The Kier molecular flexibility index (Phi) is 9.86. The van der Waals surface area contributed by atoms with E-state index in [1.807, 2.05) is 42.2 Å². The topological polar surface area (TPSA) is 58.8 Å². The molecule has 2 aromatic carbocycles. The lowest BCUT2D eigenvalue weighted by Gasteiger charge is -2.36. The minimum Gasteiger partial charge on any atom is -0.494 e. The molecule has 0 saturated carbocycles. The van der Waals surface area contributed by atoms with Crippen molar-refractivity contribution in [1.82, 2.24) is 9.80 Å². The molecule has 1 saturated heterocycles. The van der Waals surface area contributed by atoms with Gasteiger partial charge in [0.25, 0.3) is 0 Å². The van der Waals surface area contributed by atoms with Gasteiger partial charge in [-0.2, -0.15) is 0 Å². The van der Waals surface area contributed by atoms with Crippen LogP contribution in [-0.2, 0) is 11.3 Å². The van der Waals surface area contributed by atoms with Crippen LogP contribution in [0, 0.1) is 12.7 Å². The third kappa shape index (κ3) is 6.31. The molecule has 0 spiro atoms. The van der Waals surface area contributed by atoms with Crippen molar-refractivity contribution in [2.45, 2.75) is 19.5 Å². The van der Waals surface area contributed by atoms with Gasteiger partial charge in [0.15, 0.2) is 11.6 Å². The molecule has 160 valence electrons. The lowest BCUT2D eigenvalue weighted by Crippen LogP contribution is -2.50. The fraction of sp³-hybridized carbons (Fsp3) is 0.381. The predicted octanol–water partition coefficient (Wildman–Crippen LogP) is 3.33. The number of hydrogen-bond donors (Lipinski definition) is 1. The van der Waals surface area contributed by atoms with Crippen molar-refractivity contribution in [2.75, 3.05) is 33.3 Å². The van der Waals surface area contributed by atoms with Crippen LogP contribution >= 0.6 is 24.8 Å². The summed E-state index contributed by atoms with van der Waals surface area (Å²) in [6, 6.07) is 12.1. The van der Waals surface area contributed by atoms with E-state index in [2.05, 4.69) is 4.90 Å². The first-order chi connectivity index (χ1) is 13.0. The van der Waals surface area contributed by atoms with E-state index < -0.39 is 6.04 Å². The molecule has 0 radical (unpaired) electrons. The lowest BCUT2D eigenvalue weighted by molar-refractivity contribution is -0.134. The second-order valence-corrected chi connectivity index (χ2v) is 6.96.